The molecule has 3 aliphatic carbocycles. The van der Waals surface area contributed by atoms with Crippen LogP contribution in [0.3, 0.4) is 0 Å². The molecule has 0 radical (unpaired) electrons. The Morgan fingerprint density at radius 1 is 0.885 bits per heavy atom. The van der Waals surface area contributed by atoms with Crippen molar-refractivity contribution in [3.8, 4) is 0 Å². The Morgan fingerprint density at radius 3 is 2.38 bits per heavy atom. The van der Waals surface area contributed by atoms with E-state index in [4.69, 9.17) is 4.52 Å². The second-order valence-corrected chi connectivity index (χ2v) is 8.17. The van der Waals surface area contributed by atoms with Gasteiger partial charge in [-0.15, -0.1) is 0 Å². The summed E-state index contributed by atoms with van der Waals surface area (Å²) < 4.78 is 5.42. The van der Waals surface area contributed by atoms with E-state index in [-0.39, 0.29) is 29.8 Å². The van der Waals surface area contributed by atoms with Crippen LogP contribution in [0, 0.1) is 5.92 Å². The summed E-state index contributed by atoms with van der Waals surface area (Å²) in [6, 6.07) is 0.342. The summed E-state index contributed by atoms with van der Waals surface area (Å²) >= 11 is 0. The quantitative estimate of drug-likeness (QED) is 0.866. The summed E-state index contributed by atoms with van der Waals surface area (Å²) in [6.45, 7) is 0. The average molecular weight is 359 g/mol. The molecule has 1 unspecified atom stereocenters. The molecule has 3 aliphatic rings. The van der Waals surface area contributed by atoms with Crippen molar-refractivity contribution in [2.24, 2.45) is 5.92 Å². The molecule has 0 saturated heterocycles. The number of hydrogen-bond acceptors (Lipinski definition) is 4. The first-order valence-electron chi connectivity index (χ1n) is 10.3. The van der Waals surface area contributed by atoms with Crippen LogP contribution in [-0.2, 0) is 17.6 Å². The van der Waals surface area contributed by atoms with E-state index >= 15 is 0 Å². The predicted molar refractivity (Wildman–Crippen MR) is 96.8 cm³/mol. The highest BCUT2D eigenvalue weighted by Gasteiger charge is 2.31. The first-order valence-corrected chi connectivity index (χ1v) is 10.3. The molecule has 1 aromatic rings. The number of aryl methyl sites for hydroxylation is 1. The van der Waals surface area contributed by atoms with E-state index in [0.717, 1.165) is 62.7 Å². The number of amides is 2. The number of hydrogen-bond donors (Lipinski definition) is 2. The van der Waals surface area contributed by atoms with Crippen LogP contribution in [0.5, 0.6) is 0 Å². The van der Waals surface area contributed by atoms with Crippen LogP contribution in [0.15, 0.2) is 4.52 Å². The fraction of sp³-hybridized carbons (Fsp3) is 0.750. The van der Waals surface area contributed by atoms with Gasteiger partial charge in [0.05, 0.1) is 0 Å². The molecule has 2 amide bonds. The predicted octanol–water partition coefficient (Wildman–Crippen LogP) is 2.90. The number of carbonyl (C=O) groups excluding carboxylic acids is 2. The molecular weight excluding hydrogens is 330 g/mol. The minimum Gasteiger partial charge on any atom is -0.360 e. The smallest absolute Gasteiger partial charge is 0.273 e. The summed E-state index contributed by atoms with van der Waals surface area (Å²) in [5.74, 6) is 1.04. The van der Waals surface area contributed by atoms with Crippen LogP contribution in [-0.4, -0.2) is 29.1 Å². The van der Waals surface area contributed by atoms with Gasteiger partial charge in [0.25, 0.3) is 5.91 Å². The average Bonchev–Trinajstić information content (AvgIpc) is 3.31. The van der Waals surface area contributed by atoms with Crippen LogP contribution >= 0.6 is 0 Å². The maximum Gasteiger partial charge on any atom is 0.273 e. The Labute approximate surface area is 154 Å². The first kappa shape index (κ1) is 17.6. The zero-order valence-corrected chi connectivity index (χ0v) is 15.4. The van der Waals surface area contributed by atoms with Gasteiger partial charge in [-0.3, -0.25) is 9.59 Å². The van der Waals surface area contributed by atoms with Crippen molar-refractivity contribution in [1.29, 1.82) is 0 Å². The molecule has 2 fully saturated rings. The first-order chi connectivity index (χ1) is 12.7. The molecule has 0 aliphatic heterocycles. The third-order valence-corrected chi connectivity index (χ3v) is 6.27. The second kappa shape index (κ2) is 7.80. The molecule has 26 heavy (non-hydrogen) atoms. The third-order valence-electron chi connectivity index (χ3n) is 6.27. The van der Waals surface area contributed by atoms with Crippen molar-refractivity contribution in [2.45, 2.75) is 89.1 Å². The topological polar surface area (TPSA) is 84.2 Å². The lowest BCUT2D eigenvalue weighted by Gasteiger charge is -2.27. The number of fused-ring (bicyclic) bond motifs is 1. The molecule has 4 rings (SSSR count). The van der Waals surface area contributed by atoms with Crippen molar-refractivity contribution < 1.29 is 14.1 Å². The maximum atomic E-state index is 12.6. The summed E-state index contributed by atoms with van der Waals surface area (Å²) in [4.78, 5) is 25.1. The SMILES string of the molecule is O=C(NC1CCCC1)c1noc2c1CC(NC(=O)C1CCCCC1)CC2. The van der Waals surface area contributed by atoms with Gasteiger partial charge in [-0.2, -0.15) is 0 Å². The highest BCUT2D eigenvalue weighted by Crippen LogP contribution is 2.27. The Hall–Kier alpha value is -1.85. The van der Waals surface area contributed by atoms with Crippen molar-refractivity contribution >= 4 is 11.8 Å². The molecule has 6 nitrogen and oxygen atoms in total. The second-order valence-electron chi connectivity index (χ2n) is 8.17. The van der Waals surface area contributed by atoms with Crippen molar-refractivity contribution in [1.82, 2.24) is 15.8 Å². The minimum absolute atomic E-state index is 0.0781. The summed E-state index contributed by atoms with van der Waals surface area (Å²) in [5.41, 5.74) is 1.31. The van der Waals surface area contributed by atoms with E-state index in [1.807, 2.05) is 0 Å². The Kier molecular flexibility index (Phi) is 5.27. The number of nitrogens with one attached hydrogen (secondary N) is 2. The monoisotopic (exact) mass is 359 g/mol. The summed E-state index contributed by atoms with van der Waals surface area (Å²) in [7, 11) is 0. The molecule has 1 heterocycles. The molecule has 1 aromatic heterocycles. The maximum absolute atomic E-state index is 12.6. The largest absolute Gasteiger partial charge is 0.360 e. The number of nitrogens with zero attached hydrogens (tertiary/aromatic N) is 1. The standard InChI is InChI=1S/C20H29N3O3/c24-19(13-6-2-1-3-7-13)22-15-10-11-17-16(12-15)18(23-26-17)20(25)21-14-8-4-5-9-14/h13-15H,1-12H2,(H,21,25)(H,22,24). The molecule has 142 valence electrons. The van der Waals surface area contributed by atoms with Gasteiger partial charge >= 0.3 is 0 Å². The van der Waals surface area contributed by atoms with Crippen LogP contribution in [0.2, 0.25) is 0 Å². The molecular formula is C20H29N3O3. The van der Waals surface area contributed by atoms with Gasteiger partial charge in [0.15, 0.2) is 5.69 Å². The fourth-order valence-electron chi connectivity index (χ4n) is 4.71. The zero-order valence-electron chi connectivity index (χ0n) is 15.4. The van der Waals surface area contributed by atoms with E-state index < -0.39 is 0 Å². The van der Waals surface area contributed by atoms with Crippen LogP contribution in [0.4, 0.5) is 0 Å². The Balaban J connectivity index is 1.38. The lowest BCUT2D eigenvalue weighted by Crippen LogP contribution is -2.42. The van der Waals surface area contributed by atoms with Crippen LogP contribution < -0.4 is 10.6 Å². The summed E-state index contributed by atoms with van der Waals surface area (Å²) in [6.07, 6.45) is 12.2. The minimum atomic E-state index is -0.124. The van der Waals surface area contributed by atoms with Gasteiger partial charge in [0.2, 0.25) is 5.91 Å². The van der Waals surface area contributed by atoms with Crippen LogP contribution in [0.25, 0.3) is 0 Å². The Morgan fingerprint density at radius 2 is 1.62 bits per heavy atom. The van der Waals surface area contributed by atoms with Crippen molar-refractivity contribution in [3.63, 3.8) is 0 Å². The summed E-state index contributed by atoms with van der Waals surface area (Å²) in [5, 5.41) is 10.4. The van der Waals surface area contributed by atoms with Gasteiger partial charge < -0.3 is 15.2 Å². The van der Waals surface area contributed by atoms with Gasteiger partial charge in [-0.25, -0.2) is 0 Å². The lowest BCUT2D eigenvalue weighted by molar-refractivity contribution is -0.126. The van der Waals surface area contributed by atoms with Crippen molar-refractivity contribution in [3.05, 3.63) is 17.0 Å². The molecule has 0 aromatic carbocycles. The number of rotatable bonds is 4. The van der Waals surface area contributed by atoms with Gasteiger partial charge in [0.1, 0.15) is 5.76 Å². The number of carbonyl (C=O) groups is 2. The molecule has 0 spiro atoms. The molecule has 2 saturated carbocycles. The lowest BCUT2D eigenvalue weighted by atomic mass is 9.87. The van der Waals surface area contributed by atoms with E-state index in [2.05, 4.69) is 15.8 Å². The molecule has 6 heteroatoms. The van der Waals surface area contributed by atoms with Crippen molar-refractivity contribution in [2.75, 3.05) is 0 Å². The van der Waals surface area contributed by atoms with E-state index in [0.29, 0.717) is 12.1 Å². The number of aromatic nitrogens is 1. The molecule has 1 atom stereocenters. The van der Waals surface area contributed by atoms with Gasteiger partial charge in [0, 0.05) is 30.0 Å². The fourth-order valence-corrected chi connectivity index (χ4v) is 4.71. The highest BCUT2D eigenvalue weighted by molar-refractivity contribution is 5.94. The van der Waals surface area contributed by atoms with Crippen LogP contribution in [0.1, 0.15) is 86.0 Å². The molecule has 0 bridgehead atoms. The van der Waals surface area contributed by atoms with E-state index in [1.165, 1.54) is 19.3 Å². The Bertz CT molecular complexity index is 657. The zero-order chi connectivity index (χ0) is 17.9. The van der Waals surface area contributed by atoms with Gasteiger partial charge in [-0.05, 0) is 38.5 Å². The molecule has 2 N–H and O–H groups in total. The van der Waals surface area contributed by atoms with Gasteiger partial charge in [-0.1, -0.05) is 37.3 Å². The normalized spacial score (nSPS) is 24.2. The van der Waals surface area contributed by atoms with E-state index in [1.54, 1.807) is 0 Å². The van der Waals surface area contributed by atoms with E-state index in [9.17, 15) is 9.59 Å². The third kappa shape index (κ3) is 3.79. The highest BCUT2D eigenvalue weighted by atomic mass is 16.5.